The van der Waals surface area contributed by atoms with E-state index in [0.717, 1.165) is 17.9 Å². The first kappa shape index (κ1) is 13.2. The van der Waals surface area contributed by atoms with Gasteiger partial charge in [0.05, 0.1) is 0 Å². The molecule has 0 heterocycles. The second-order valence-electron chi connectivity index (χ2n) is 5.38. The van der Waals surface area contributed by atoms with E-state index in [4.69, 9.17) is 11.6 Å². The van der Waals surface area contributed by atoms with Crippen molar-refractivity contribution < 1.29 is 0 Å². The van der Waals surface area contributed by atoms with Gasteiger partial charge in [-0.25, -0.2) is 0 Å². The number of aryl methyl sites for hydroxylation is 1. The highest BCUT2D eigenvalue weighted by Gasteiger charge is 2.19. The van der Waals surface area contributed by atoms with Gasteiger partial charge < -0.3 is 0 Å². The highest BCUT2D eigenvalue weighted by molar-refractivity contribution is 6.30. The third-order valence-corrected chi connectivity index (χ3v) is 3.76. The second kappa shape index (κ2) is 5.58. The average molecular weight is 259 g/mol. The molecule has 0 saturated heterocycles. The molecular formula is C17H19Cl. The van der Waals surface area contributed by atoms with Gasteiger partial charge in [-0.3, -0.25) is 0 Å². The number of rotatable bonds is 4. The van der Waals surface area contributed by atoms with Crippen molar-refractivity contribution in [3.63, 3.8) is 0 Å². The molecule has 0 aromatic heterocycles. The van der Waals surface area contributed by atoms with Crippen molar-refractivity contribution in [3.05, 3.63) is 70.7 Å². The zero-order valence-corrected chi connectivity index (χ0v) is 11.7. The van der Waals surface area contributed by atoms with Crippen molar-refractivity contribution in [2.45, 2.75) is 32.1 Å². The van der Waals surface area contributed by atoms with Gasteiger partial charge >= 0.3 is 0 Å². The Labute approximate surface area is 115 Å². The van der Waals surface area contributed by atoms with Gasteiger partial charge in [-0.2, -0.15) is 0 Å². The van der Waals surface area contributed by atoms with Gasteiger partial charge in [-0.15, -0.1) is 0 Å². The quantitative estimate of drug-likeness (QED) is 0.703. The Morgan fingerprint density at radius 2 is 1.50 bits per heavy atom. The highest BCUT2D eigenvalue weighted by Crippen LogP contribution is 2.28. The van der Waals surface area contributed by atoms with Crippen LogP contribution in [0.25, 0.3) is 0 Å². The van der Waals surface area contributed by atoms with Crippen LogP contribution in [0, 0.1) is 0 Å². The standard InChI is InChI=1S/C17H19Cl/c1-17(2,15-6-4-3-5-7-15)13-12-14-8-10-16(18)11-9-14/h3-11H,12-13H2,1-2H3. The Hall–Kier alpha value is -1.27. The maximum atomic E-state index is 5.90. The van der Waals surface area contributed by atoms with E-state index < -0.39 is 0 Å². The maximum absolute atomic E-state index is 5.90. The first-order valence-electron chi connectivity index (χ1n) is 6.38. The maximum Gasteiger partial charge on any atom is 0.0406 e. The summed E-state index contributed by atoms with van der Waals surface area (Å²) in [6.07, 6.45) is 2.22. The van der Waals surface area contributed by atoms with Gasteiger partial charge in [-0.05, 0) is 41.5 Å². The van der Waals surface area contributed by atoms with E-state index in [2.05, 4.69) is 56.3 Å². The molecule has 1 heteroatoms. The van der Waals surface area contributed by atoms with Crippen LogP contribution in [0.1, 0.15) is 31.4 Å². The van der Waals surface area contributed by atoms with Gasteiger partial charge in [0.25, 0.3) is 0 Å². The summed E-state index contributed by atoms with van der Waals surface area (Å²) < 4.78 is 0. The SMILES string of the molecule is CC(C)(CCc1ccc(Cl)cc1)c1ccccc1. The van der Waals surface area contributed by atoms with Crippen molar-refractivity contribution in [1.82, 2.24) is 0 Å². The summed E-state index contributed by atoms with van der Waals surface area (Å²) in [6.45, 7) is 4.61. The predicted octanol–water partition coefficient (Wildman–Crippen LogP) is 5.25. The number of hydrogen-bond acceptors (Lipinski definition) is 0. The monoisotopic (exact) mass is 258 g/mol. The van der Waals surface area contributed by atoms with E-state index in [0.29, 0.717) is 0 Å². The Kier molecular flexibility index (Phi) is 4.08. The van der Waals surface area contributed by atoms with Crippen LogP contribution in [-0.2, 0) is 11.8 Å². The Bertz CT molecular complexity index is 483. The molecule has 0 saturated carbocycles. The van der Waals surface area contributed by atoms with E-state index in [1.807, 2.05) is 12.1 Å². The van der Waals surface area contributed by atoms with Gasteiger partial charge in [-0.1, -0.05) is 67.9 Å². The molecule has 0 amide bonds. The molecule has 0 spiro atoms. The van der Waals surface area contributed by atoms with Crippen LogP contribution in [0.4, 0.5) is 0 Å². The second-order valence-corrected chi connectivity index (χ2v) is 5.81. The zero-order chi connectivity index (χ0) is 13.0. The smallest absolute Gasteiger partial charge is 0.0406 e. The van der Waals surface area contributed by atoms with Gasteiger partial charge in [0.1, 0.15) is 0 Å². The molecule has 0 aliphatic heterocycles. The highest BCUT2D eigenvalue weighted by atomic mass is 35.5. The average Bonchev–Trinajstić information content (AvgIpc) is 2.39. The van der Waals surface area contributed by atoms with Gasteiger partial charge in [0.15, 0.2) is 0 Å². The molecule has 94 valence electrons. The van der Waals surface area contributed by atoms with Crippen molar-refractivity contribution in [2.24, 2.45) is 0 Å². The van der Waals surface area contributed by atoms with Crippen LogP contribution in [0.15, 0.2) is 54.6 Å². The van der Waals surface area contributed by atoms with Crippen molar-refractivity contribution in [2.75, 3.05) is 0 Å². The molecule has 0 aliphatic rings. The van der Waals surface area contributed by atoms with Crippen molar-refractivity contribution in [3.8, 4) is 0 Å². The molecule has 0 nitrogen and oxygen atoms in total. The number of benzene rings is 2. The van der Waals surface area contributed by atoms with Gasteiger partial charge in [0.2, 0.25) is 0 Å². The Morgan fingerprint density at radius 1 is 0.889 bits per heavy atom. The van der Waals surface area contributed by atoms with Crippen LogP contribution in [0.2, 0.25) is 5.02 Å². The fraction of sp³-hybridized carbons (Fsp3) is 0.294. The van der Waals surface area contributed by atoms with Crippen molar-refractivity contribution in [1.29, 1.82) is 0 Å². The van der Waals surface area contributed by atoms with Crippen LogP contribution in [0.3, 0.4) is 0 Å². The van der Waals surface area contributed by atoms with E-state index in [1.54, 1.807) is 0 Å². The summed E-state index contributed by atoms with van der Waals surface area (Å²) >= 11 is 5.90. The Balaban J connectivity index is 2.03. The van der Waals surface area contributed by atoms with E-state index >= 15 is 0 Å². The molecule has 0 N–H and O–H groups in total. The molecule has 2 rings (SSSR count). The molecule has 0 unspecified atom stereocenters. The lowest BCUT2D eigenvalue weighted by atomic mass is 9.80. The summed E-state index contributed by atoms with van der Waals surface area (Å²) in [5.74, 6) is 0. The van der Waals surface area contributed by atoms with E-state index in [9.17, 15) is 0 Å². The minimum atomic E-state index is 0.209. The van der Waals surface area contributed by atoms with Crippen LogP contribution in [-0.4, -0.2) is 0 Å². The summed E-state index contributed by atoms with van der Waals surface area (Å²) in [5.41, 5.74) is 2.96. The predicted molar refractivity (Wildman–Crippen MR) is 79.2 cm³/mol. The lowest BCUT2D eigenvalue weighted by Crippen LogP contribution is -2.17. The summed E-state index contributed by atoms with van der Waals surface area (Å²) in [6, 6.07) is 18.9. The molecule has 18 heavy (non-hydrogen) atoms. The Morgan fingerprint density at radius 3 is 2.11 bits per heavy atom. The van der Waals surface area contributed by atoms with Crippen molar-refractivity contribution >= 4 is 11.6 Å². The minimum Gasteiger partial charge on any atom is -0.0843 e. The van der Waals surface area contributed by atoms with Crippen LogP contribution in [0.5, 0.6) is 0 Å². The largest absolute Gasteiger partial charge is 0.0843 e. The normalized spacial score (nSPS) is 11.5. The zero-order valence-electron chi connectivity index (χ0n) is 11.0. The lowest BCUT2D eigenvalue weighted by molar-refractivity contribution is 0.480. The molecule has 0 aliphatic carbocycles. The number of hydrogen-bond donors (Lipinski definition) is 0. The molecule has 2 aromatic rings. The first-order chi connectivity index (χ1) is 8.58. The molecule has 0 radical (unpaired) electrons. The van der Waals surface area contributed by atoms with Crippen LogP contribution >= 0.6 is 11.6 Å². The minimum absolute atomic E-state index is 0.209. The van der Waals surface area contributed by atoms with Gasteiger partial charge in [0, 0.05) is 5.02 Å². The summed E-state index contributed by atoms with van der Waals surface area (Å²) in [5, 5.41) is 0.807. The van der Waals surface area contributed by atoms with Crippen LogP contribution < -0.4 is 0 Å². The summed E-state index contributed by atoms with van der Waals surface area (Å²) in [7, 11) is 0. The topological polar surface area (TPSA) is 0 Å². The fourth-order valence-corrected chi connectivity index (χ4v) is 2.27. The lowest BCUT2D eigenvalue weighted by Gasteiger charge is -2.25. The molecule has 0 bridgehead atoms. The van der Waals surface area contributed by atoms with E-state index in [-0.39, 0.29) is 5.41 Å². The molecular weight excluding hydrogens is 240 g/mol. The third kappa shape index (κ3) is 3.36. The van der Waals surface area contributed by atoms with E-state index in [1.165, 1.54) is 11.1 Å². The number of halogens is 1. The molecule has 0 atom stereocenters. The fourth-order valence-electron chi connectivity index (χ4n) is 2.14. The summed E-state index contributed by atoms with van der Waals surface area (Å²) in [4.78, 5) is 0. The third-order valence-electron chi connectivity index (χ3n) is 3.51. The molecule has 2 aromatic carbocycles. The first-order valence-corrected chi connectivity index (χ1v) is 6.76. The molecule has 0 fully saturated rings.